The number of hydrogen-bond acceptors (Lipinski definition) is 6. The summed E-state index contributed by atoms with van der Waals surface area (Å²) in [6.45, 7) is 0.226. The summed E-state index contributed by atoms with van der Waals surface area (Å²) in [6.07, 6.45) is 0. The fourth-order valence-corrected chi connectivity index (χ4v) is 6.17. The summed E-state index contributed by atoms with van der Waals surface area (Å²) in [5.41, 5.74) is 1.89. The maximum Gasteiger partial charge on any atom is 0.193 e. The Balaban J connectivity index is 1.84. The molecule has 0 amide bonds. The Hall–Kier alpha value is -2.93. The lowest BCUT2D eigenvalue weighted by molar-refractivity contribution is 0.416. The van der Waals surface area contributed by atoms with Gasteiger partial charge in [-0.05, 0) is 29.8 Å². The lowest BCUT2D eigenvalue weighted by Gasteiger charge is -2.06. The normalized spacial score (nSPS) is 11.5. The fourth-order valence-electron chi connectivity index (χ4n) is 3.32. The second-order valence-electron chi connectivity index (χ2n) is 6.74. The van der Waals surface area contributed by atoms with E-state index in [1.54, 1.807) is 18.2 Å². The molecule has 0 N–H and O–H groups in total. The van der Waals surface area contributed by atoms with Gasteiger partial charge in [0.2, 0.25) is 0 Å². The highest BCUT2D eigenvalue weighted by molar-refractivity contribution is 7.92. The molecule has 0 spiro atoms. The molecule has 0 fully saturated rings. The van der Waals surface area contributed by atoms with Crippen molar-refractivity contribution >= 4 is 43.7 Å². The average Bonchev–Trinajstić information content (AvgIpc) is 3.32. The first-order valence-electron chi connectivity index (χ1n) is 9.01. The fraction of sp³-hybridized carbons (Fsp3) is 0.143. The molecule has 0 saturated heterocycles. The number of nitriles is 1. The van der Waals surface area contributed by atoms with Crippen molar-refractivity contribution in [2.75, 3.05) is 7.11 Å². The van der Waals surface area contributed by atoms with E-state index < -0.39 is 21.4 Å². The van der Waals surface area contributed by atoms with Crippen LogP contribution in [0.4, 0.5) is 4.39 Å². The number of ether oxygens (including phenoxy) is 1. The van der Waals surface area contributed by atoms with E-state index in [1.807, 2.05) is 6.07 Å². The summed E-state index contributed by atoms with van der Waals surface area (Å²) in [4.78, 5) is 0. The molecule has 0 saturated carbocycles. The van der Waals surface area contributed by atoms with Crippen molar-refractivity contribution in [3.8, 4) is 11.8 Å². The maximum atomic E-state index is 14.2. The van der Waals surface area contributed by atoms with Crippen LogP contribution in [0.25, 0.3) is 10.9 Å². The number of nitrogens with zero attached hydrogens (tertiary/aromatic N) is 3. The van der Waals surface area contributed by atoms with Gasteiger partial charge >= 0.3 is 0 Å². The lowest BCUT2D eigenvalue weighted by atomic mass is 10.1. The molecule has 6 nitrogen and oxygen atoms in total. The Kier molecular flexibility index (Phi) is 5.71. The van der Waals surface area contributed by atoms with Gasteiger partial charge in [0, 0.05) is 12.1 Å². The third kappa shape index (κ3) is 4.28. The molecule has 31 heavy (non-hydrogen) atoms. The molecule has 4 aromatic rings. The number of methoxy groups -OCH3 is 1. The lowest BCUT2D eigenvalue weighted by Crippen LogP contribution is -2.06. The summed E-state index contributed by atoms with van der Waals surface area (Å²) < 4.78 is 47.4. The van der Waals surface area contributed by atoms with Crippen molar-refractivity contribution in [3.05, 3.63) is 75.5 Å². The molecular weight excluding hydrogens is 461 g/mol. The van der Waals surface area contributed by atoms with E-state index >= 15 is 0 Å². The van der Waals surface area contributed by atoms with Gasteiger partial charge in [0.1, 0.15) is 21.5 Å². The molecule has 2 aromatic carbocycles. The monoisotopic (exact) mass is 475 g/mol. The van der Waals surface area contributed by atoms with Gasteiger partial charge in [-0.15, -0.1) is 11.3 Å². The van der Waals surface area contributed by atoms with Crippen molar-refractivity contribution in [3.63, 3.8) is 0 Å². The number of thiophene rings is 1. The molecule has 0 aliphatic rings. The second-order valence-corrected chi connectivity index (χ2v) is 10.7. The number of sulfone groups is 1. The van der Waals surface area contributed by atoms with Gasteiger partial charge in [0.25, 0.3) is 0 Å². The summed E-state index contributed by atoms with van der Waals surface area (Å²) in [5, 5.41) is 14.0. The van der Waals surface area contributed by atoms with Gasteiger partial charge in [-0.2, -0.15) is 10.4 Å². The van der Waals surface area contributed by atoms with E-state index in [9.17, 15) is 12.8 Å². The summed E-state index contributed by atoms with van der Waals surface area (Å²) in [6, 6.07) is 14.5. The van der Waals surface area contributed by atoms with Gasteiger partial charge < -0.3 is 4.74 Å². The first-order valence-corrected chi connectivity index (χ1v) is 11.9. The second kappa shape index (κ2) is 8.30. The summed E-state index contributed by atoms with van der Waals surface area (Å²) >= 11 is 6.86. The van der Waals surface area contributed by atoms with Crippen LogP contribution in [0.2, 0.25) is 4.34 Å². The predicted molar refractivity (Wildman–Crippen MR) is 117 cm³/mol. The predicted octanol–water partition coefficient (Wildman–Crippen LogP) is 4.79. The van der Waals surface area contributed by atoms with E-state index in [4.69, 9.17) is 21.6 Å². The van der Waals surface area contributed by atoms with Gasteiger partial charge in [-0.3, -0.25) is 4.68 Å². The van der Waals surface area contributed by atoms with Crippen molar-refractivity contribution in [2.45, 2.75) is 16.5 Å². The van der Waals surface area contributed by atoms with Crippen LogP contribution in [0, 0.1) is 17.1 Å². The highest BCUT2D eigenvalue weighted by atomic mass is 35.5. The van der Waals surface area contributed by atoms with Gasteiger partial charge in [0.15, 0.2) is 9.84 Å². The van der Waals surface area contributed by atoms with Crippen LogP contribution in [-0.2, 0) is 22.1 Å². The number of aromatic nitrogens is 2. The van der Waals surface area contributed by atoms with Crippen LogP contribution in [0.5, 0.6) is 5.75 Å². The molecule has 2 aromatic heterocycles. The molecule has 0 unspecified atom stereocenters. The third-order valence-corrected chi connectivity index (χ3v) is 8.08. The smallest absolute Gasteiger partial charge is 0.193 e. The molecule has 2 heterocycles. The van der Waals surface area contributed by atoms with Crippen molar-refractivity contribution in [1.29, 1.82) is 5.26 Å². The molecule has 10 heteroatoms. The number of hydrogen-bond donors (Lipinski definition) is 0. The van der Waals surface area contributed by atoms with Gasteiger partial charge in [0.05, 0.1) is 46.2 Å². The average molecular weight is 476 g/mol. The molecular formula is C21H15ClFN3O3S2. The molecule has 4 rings (SSSR count). The summed E-state index contributed by atoms with van der Waals surface area (Å²) in [5.74, 6) is -0.731. The van der Waals surface area contributed by atoms with E-state index in [-0.39, 0.29) is 22.2 Å². The van der Waals surface area contributed by atoms with Gasteiger partial charge in [-0.1, -0.05) is 23.7 Å². The zero-order valence-corrected chi connectivity index (χ0v) is 18.6. The van der Waals surface area contributed by atoms with Crippen LogP contribution in [0.3, 0.4) is 0 Å². The zero-order chi connectivity index (χ0) is 22.2. The minimum Gasteiger partial charge on any atom is -0.496 e. The van der Waals surface area contributed by atoms with E-state index in [2.05, 4.69) is 11.2 Å². The first-order chi connectivity index (χ1) is 14.8. The minimum atomic E-state index is -3.72. The molecule has 0 bridgehead atoms. The van der Waals surface area contributed by atoms with E-state index in [0.717, 1.165) is 16.9 Å². The Morgan fingerprint density at radius 1 is 1.26 bits per heavy atom. The number of halogens is 2. The zero-order valence-electron chi connectivity index (χ0n) is 16.2. The Morgan fingerprint density at radius 3 is 2.74 bits per heavy atom. The minimum absolute atomic E-state index is 0.128. The highest BCUT2D eigenvalue weighted by Gasteiger charge is 2.24. The molecule has 0 aliphatic carbocycles. The first kappa shape index (κ1) is 21.3. The number of fused-ring (bicyclic) bond motifs is 1. The van der Waals surface area contributed by atoms with Crippen molar-refractivity contribution in [1.82, 2.24) is 9.78 Å². The molecule has 158 valence electrons. The maximum absolute atomic E-state index is 14.2. The molecule has 0 atom stereocenters. The quantitative estimate of drug-likeness (QED) is 0.400. The van der Waals surface area contributed by atoms with Crippen LogP contribution in [0.1, 0.15) is 16.8 Å². The number of benzene rings is 2. The van der Waals surface area contributed by atoms with Crippen molar-refractivity contribution in [2.24, 2.45) is 0 Å². The largest absolute Gasteiger partial charge is 0.496 e. The topological polar surface area (TPSA) is 85.0 Å². The van der Waals surface area contributed by atoms with Gasteiger partial charge in [-0.25, -0.2) is 12.8 Å². The molecule has 0 radical (unpaired) electrons. The Bertz CT molecular complexity index is 1440. The Labute approximate surface area is 187 Å². The standard InChI is InChI=1S/C21H15ClFN3O3S2/c1-29-18-9-15(23)8-17-21(18)16(12-31(27,28)20-6-5-19(22)30-20)25-26(17)11-14-4-2-3-13(7-14)10-24/h2-9H,11-12H2,1H3. The molecule has 0 aliphatic heterocycles. The SMILES string of the molecule is COc1cc(F)cc2c1c(CS(=O)(=O)c1ccc(Cl)s1)nn2Cc1cccc(C#N)c1. The van der Waals surface area contributed by atoms with Crippen LogP contribution in [0.15, 0.2) is 52.7 Å². The third-order valence-electron chi connectivity index (χ3n) is 4.64. The Morgan fingerprint density at radius 2 is 2.06 bits per heavy atom. The van der Waals surface area contributed by atoms with Crippen LogP contribution in [-0.4, -0.2) is 25.3 Å². The van der Waals surface area contributed by atoms with Crippen molar-refractivity contribution < 1.29 is 17.5 Å². The van der Waals surface area contributed by atoms with E-state index in [1.165, 1.54) is 36.1 Å². The van der Waals surface area contributed by atoms with Crippen LogP contribution >= 0.6 is 22.9 Å². The highest BCUT2D eigenvalue weighted by Crippen LogP contribution is 2.34. The number of rotatable bonds is 6. The van der Waals surface area contributed by atoms with Crippen LogP contribution < -0.4 is 4.74 Å². The van der Waals surface area contributed by atoms with E-state index in [0.29, 0.717) is 20.8 Å². The summed E-state index contributed by atoms with van der Waals surface area (Å²) in [7, 11) is -2.34.